The maximum atomic E-state index is 11.9. The van der Waals surface area contributed by atoms with E-state index in [-0.39, 0.29) is 11.8 Å². The summed E-state index contributed by atoms with van der Waals surface area (Å²) in [6, 6.07) is 32.0. The van der Waals surface area contributed by atoms with Gasteiger partial charge >= 0.3 is 5.91 Å². The van der Waals surface area contributed by atoms with Gasteiger partial charge < -0.3 is 4.42 Å². The average Bonchev–Trinajstić information content (AvgIpc) is 3.57. The molecule has 0 spiro atoms. The summed E-state index contributed by atoms with van der Waals surface area (Å²) in [5, 5.41) is 11.1. The standard InChI is InChI=1S/C27H22N4O2/c32-27(26-12-7-17-33-26)29-28-19-20-13-15-23(16-14-20)31-25(22-10-5-2-6-11-22)18-24(30-31)21-8-3-1-4-9-21/h1-17,19,25H,18H2,(H,29,32)/b28-19-/t25-/m1/s1. The predicted molar refractivity (Wildman–Crippen MR) is 129 cm³/mol. The molecule has 1 atom stereocenters. The number of nitrogens with one attached hydrogen (secondary N) is 1. The molecule has 4 aromatic rings. The summed E-state index contributed by atoms with van der Waals surface area (Å²) in [5.74, 6) is -0.172. The zero-order valence-corrected chi connectivity index (χ0v) is 17.8. The van der Waals surface area contributed by atoms with Gasteiger partial charge in [0.15, 0.2) is 5.76 Å². The average molecular weight is 434 g/mol. The fraction of sp³-hybridized carbons (Fsp3) is 0.0741. The van der Waals surface area contributed by atoms with E-state index < -0.39 is 5.91 Å². The molecular weight excluding hydrogens is 412 g/mol. The van der Waals surface area contributed by atoms with Crippen molar-refractivity contribution in [3.8, 4) is 0 Å². The smallest absolute Gasteiger partial charge is 0.307 e. The van der Waals surface area contributed by atoms with Crippen LogP contribution in [0.1, 0.15) is 39.7 Å². The number of carbonyl (C=O) groups is 1. The summed E-state index contributed by atoms with van der Waals surface area (Å²) >= 11 is 0. The summed E-state index contributed by atoms with van der Waals surface area (Å²) < 4.78 is 5.05. The molecule has 1 aromatic heterocycles. The van der Waals surface area contributed by atoms with Gasteiger partial charge in [-0.05, 0) is 41.0 Å². The molecule has 5 rings (SSSR count). The van der Waals surface area contributed by atoms with Crippen molar-refractivity contribution in [2.45, 2.75) is 12.5 Å². The summed E-state index contributed by atoms with van der Waals surface area (Å²) in [6.07, 6.45) is 3.88. The molecule has 0 saturated carbocycles. The molecule has 0 unspecified atom stereocenters. The highest BCUT2D eigenvalue weighted by Crippen LogP contribution is 2.36. The highest BCUT2D eigenvalue weighted by molar-refractivity contribution is 6.03. The summed E-state index contributed by atoms with van der Waals surface area (Å²) in [7, 11) is 0. The van der Waals surface area contributed by atoms with Gasteiger partial charge in [-0.1, -0.05) is 72.8 Å². The van der Waals surface area contributed by atoms with Gasteiger partial charge in [0, 0.05) is 6.42 Å². The molecular formula is C27H22N4O2. The number of hydrazone groups is 2. The molecule has 0 radical (unpaired) electrons. The van der Waals surface area contributed by atoms with Crippen LogP contribution in [0.25, 0.3) is 0 Å². The van der Waals surface area contributed by atoms with Crippen molar-refractivity contribution in [3.63, 3.8) is 0 Å². The van der Waals surface area contributed by atoms with Gasteiger partial charge in [-0.3, -0.25) is 9.80 Å². The Kier molecular flexibility index (Phi) is 5.80. The van der Waals surface area contributed by atoms with Gasteiger partial charge in [0.2, 0.25) is 0 Å². The fourth-order valence-corrected chi connectivity index (χ4v) is 3.83. The van der Waals surface area contributed by atoms with Gasteiger partial charge in [0.1, 0.15) is 0 Å². The van der Waals surface area contributed by atoms with Crippen LogP contribution in [-0.2, 0) is 0 Å². The Balaban J connectivity index is 1.36. The molecule has 0 aliphatic carbocycles. The van der Waals surface area contributed by atoms with Crippen molar-refractivity contribution in [1.82, 2.24) is 5.43 Å². The topological polar surface area (TPSA) is 70.2 Å². The van der Waals surface area contributed by atoms with Gasteiger partial charge in [-0.2, -0.15) is 10.2 Å². The minimum atomic E-state index is -0.390. The van der Waals surface area contributed by atoms with Crippen molar-refractivity contribution < 1.29 is 9.21 Å². The van der Waals surface area contributed by atoms with Crippen LogP contribution in [0.2, 0.25) is 0 Å². The molecule has 6 heteroatoms. The Morgan fingerprint density at radius 2 is 1.67 bits per heavy atom. The molecule has 1 amide bonds. The number of furan rings is 1. The summed E-state index contributed by atoms with van der Waals surface area (Å²) in [6.45, 7) is 0. The molecule has 1 aliphatic heterocycles. The lowest BCUT2D eigenvalue weighted by molar-refractivity contribution is 0.0927. The molecule has 1 aliphatic rings. The normalized spacial score (nSPS) is 15.6. The third-order valence-corrected chi connectivity index (χ3v) is 5.48. The number of amides is 1. The molecule has 0 bridgehead atoms. The number of anilines is 1. The van der Waals surface area contributed by atoms with Crippen LogP contribution in [0.3, 0.4) is 0 Å². The Morgan fingerprint density at radius 1 is 0.939 bits per heavy atom. The van der Waals surface area contributed by atoms with E-state index in [0.29, 0.717) is 0 Å². The lowest BCUT2D eigenvalue weighted by Crippen LogP contribution is -2.18. The SMILES string of the molecule is O=C(N/N=C\c1ccc(N2N=C(c3ccccc3)C[C@@H]2c2ccccc2)cc1)c1ccco1. The van der Waals surface area contributed by atoms with Crippen LogP contribution in [0.15, 0.2) is 118 Å². The van der Waals surface area contributed by atoms with Crippen molar-refractivity contribution in [2.75, 3.05) is 5.01 Å². The highest BCUT2D eigenvalue weighted by Gasteiger charge is 2.29. The maximum Gasteiger partial charge on any atom is 0.307 e. The van der Waals surface area contributed by atoms with Crippen LogP contribution in [-0.4, -0.2) is 17.8 Å². The van der Waals surface area contributed by atoms with Crippen LogP contribution in [0.4, 0.5) is 5.69 Å². The number of hydrogen-bond donors (Lipinski definition) is 1. The van der Waals surface area contributed by atoms with Gasteiger partial charge in [0.05, 0.1) is 29.9 Å². The number of benzene rings is 3. The number of carbonyl (C=O) groups excluding carboxylic acids is 1. The van der Waals surface area contributed by atoms with E-state index in [4.69, 9.17) is 9.52 Å². The molecule has 2 heterocycles. The third kappa shape index (κ3) is 4.60. The van der Waals surface area contributed by atoms with E-state index in [1.807, 2.05) is 48.5 Å². The summed E-state index contributed by atoms with van der Waals surface area (Å²) in [5.41, 5.74) is 7.74. The molecule has 33 heavy (non-hydrogen) atoms. The lowest BCUT2D eigenvalue weighted by Gasteiger charge is -2.24. The van der Waals surface area contributed by atoms with Crippen molar-refractivity contribution in [3.05, 3.63) is 126 Å². The Morgan fingerprint density at radius 3 is 2.36 bits per heavy atom. The third-order valence-electron chi connectivity index (χ3n) is 5.48. The van der Waals surface area contributed by atoms with Crippen molar-refractivity contribution >= 4 is 23.5 Å². The highest BCUT2D eigenvalue weighted by atomic mass is 16.3. The van der Waals surface area contributed by atoms with Gasteiger partial charge in [-0.25, -0.2) is 5.43 Å². The summed E-state index contributed by atoms with van der Waals surface area (Å²) in [4.78, 5) is 11.9. The van der Waals surface area contributed by atoms with E-state index in [0.717, 1.165) is 28.9 Å². The maximum absolute atomic E-state index is 11.9. The Labute approximate surface area is 191 Å². The Hall–Kier alpha value is -4.45. The quantitative estimate of drug-likeness (QED) is 0.326. The molecule has 6 nitrogen and oxygen atoms in total. The van der Waals surface area contributed by atoms with Crippen LogP contribution < -0.4 is 10.4 Å². The fourth-order valence-electron chi connectivity index (χ4n) is 3.83. The zero-order valence-electron chi connectivity index (χ0n) is 17.8. The monoisotopic (exact) mass is 434 g/mol. The number of hydrogen-bond acceptors (Lipinski definition) is 5. The molecule has 3 aromatic carbocycles. The first-order chi connectivity index (χ1) is 16.3. The molecule has 1 N–H and O–H groups in total. The van der Waals surface area contributed by atoms with E-state index >= 15 is 0 Å². The second-order valence-corrected chi connectivity index (χ2v) is 7.66. The second kappa shape index (κ2) is 9.36. The molecule has 162 valence electrons. The zero-order chi connectivity index (χ0) is 22.5. The minimum Gasteiger partial charge on any atom is -0.459 e. The van der Waals surface area contributed by atoms with E-state index in [2.05, 4.69) is 51.9 Å². The first-order valence-corrected chi connectivity index (χ1v) is 10.7. The van der Waals surface area contributed by atoms with Crippen molar-refractivity contribution in [1.29, 1.82) is 0 Å². The largest absolute Gasteiger partial charge is 0.459 e. The first-order valence-electron chi connectivity index (χ1n) is 10.7. The van der Waals surface area contributed by atoms with Crippen LogP contribution >= 0.6 is 0 Å². The van der Waals surface area contributed by atoms with E-state index in [1.165, 1.54) is 11.8 Å². The lowest BCUT2D eigenvalue weighted by atomic mass is 9.98. The van der Waals surface area contributed by atoms with E-state index in [1.54, 1.807) is 18.3 Å². The number of rotatable bonds is 6. The molecule has 0 saturated heterocycles. The Bertz CT molecular complexity index is 1260. The van der Waals surface area contributed by atoms with Gasteiger partial charge in [0.25, 0.3) is 0 Å². The van der Waals surface area contributed by atoms with E-state index in [9.17, 15) is 4.79 Å². The van der Waals surface area contributed by atoms with Crippen LogP contribution in [0, 0.1) is 0 Å². The second-order valence-electron chi connectivity index (χ2n) is 7.66. The predicted octanol–water partition coefficient (Wildman–Crippen LogP) is 5.40. The van der Waals surface area contributed by atoms with Crippen LogP contribution in [0.5, 0.6) is 0 Å². The number of nitrogens with zero attached hydrogens (tertiary/aromatic N) is 3. The van der Waals surface area contributed by atoms with Crippen molar-refractivity contribution in [2.24, 2.45) is 10.2 Å². The molecule has 0 fully saturated rings. The first kappa shape index (κ1) is 20.5. The van der Waals surface area contributed by atoms with Gasteiger partial charge in [-0.15, -0.1) is 0 Å². The minimum absolute atomic E-state index is 0.119.